The molecule has 332 valence electrons. The number of rotatable bonds is 4. The second kappa shape index (κ2) is 17.3. The molecule has 0 radical (unpaired) electrons. The smallest absolute Gasteiger partial charge is 0.416 e. The Kier molecular flexibility index (Phi) is 12.4. The number of halogens is 3. The fourth-order valence-electron chi connectivity index (χ4n) is 12.3. The zero-order valence-electron chi connectivity index (χ0n) is 34.9. The van der Waals surface area contributed by atoms with E-state index in [1.807, 2.05) is 26.8 Å². The molecule has 2 spiro atoms. The van der Waals surface area contributed by atoms with Gasteiger partial charge in [-0.1, -0.05) is 25.1 Å². The van der Waals surface area contributed by atoms with Crippen LogP contribution in [0.1, 0.15) is 83.4 Å². The van der Waals surface area contributed by atoms with Crippen molar-refractivity contribution in [2.45, 2.75) is 109 Å². The van der Waals surface area contributed by atoms with Crippen molar-refractivity contribution < 1.29 is 65.9 Å². The summed E-state index contributed by atoms with van der Waals surface area (Å²) in [5.41, 5.74) is 1.50. The molecule has 1 aromatic heterocycles. The summed E-state index contributed by atoms with van der Waals surface area (Å²) in [6, 6.07) is 8.89. The van der Waals surface area contributed by atoms with Gasteiger partial charge in [0.25, 0.3) is 0 Å². The van der Waals surface area contributed by atoms with Gasteiger partial charge in [0.05, 0.1) is 49.7 Å². The third kappa shape index (κ3) is 8.60. The van der Waals surface area contributed by atoms with Gasteiger partial charge in [0.2, 0.25) is 0 Å². The minimum atomic E-state index is -4.31. The van der Waals surface area contributed by atoms with Crippen LogP contribution in [0, 0.1) is 59.2 Å². The molecule has 0 amide bonds. The molecule has 15 heteroatoms. The Balaban J connectivity index is 0.000000127. The number of esters is 2. The van der Waals surface area contributed by atoms with Crippen LogP contribution in [0.3, 0.4) is 0 Å². The summed E-state index contributed by atoms with van der Waals surface area (Å²) in [7, 11) is 0. The van der Waals surface area contributed by atoms with Crippen LogP contribution in [-0.2, 0) is 60.2 Å². The molecule has 8 aliphatic rings. The minimum absolute atomic E-state index is 0.0612. The Bertz CT molecular complexity index is 1930. The van der Waals surface area contributed by atoms with E-state index < -0.39 is 35.2 Å². The maximum atomic E-state index is 12.6. The van der Waals surface area contributed by atoms with Gasteiger partial charge in [-0.05, 0) is 93.4 Å². The number of cyclic esters (lactones) is 2. The molecule has 12 atom stereocenters. The molecule has 4 aliphatic carbocycles. The van der Waals surface area contributed by atoms with Gasteiger partial charge in [0, 0.05) is 60.9 Å². The number of carboxylic acid groups (broad SMARTS) is 1. The van der Waals surface area contributed by atoms with Crippen LogP contribution in [0.2, 0.25) is 0 Å². The lowest BCUT2D eigenvalue weighted by atomic mass is 9.56. The van der Waals surface area contributed by atoms with Crippen molar-refractivity contribution in [2.24, 2.45) is 59.2 Å². The number of carboxylic acids is 1. The summed E-state index contributed by atoms with van der Waals surface area (Å²) in [6.07, 6.45) is 5.11. The molecule has 61 heavy (non-hydrogen) atoms. The zero-order valence-corrected chi connectivity index (χ0v) is 34.9. The molecular weight excluding hydrogens is 799 g/mol. The first-order valence-electron chi connectivity index (χ1n) is 21.9. The summed E-state index contributed by atoms with van der Waals surface area (Å²) >= 11 is 0. The van der Waals surface area contributed by atoms with Crippen molar-refractivity contribution in [3.8, 4) is 11.1 Å². The summed E-state index contributed by atoms with van der Waals surface area (Å²) in [4.78, 5) is 51.9. The number of aryl methyl sites for hydroxylation is 1. The number of ether oxygens (including phenoxy) is 6. The Hall–Kier alpha value is -3.92. The molecule has 4 saturated heterocycles. The average Bonchev–Trinajstić information content (AvgIpc) is 4.03. The van der Waals surface area contributed by atoms with E-state index in [0.717, 1.165) is 69.1 Å². The maximum Gasteiger partial charge on any atom is 0.416 e. The number of hydrogen-bond acceptors (Lipinski definition) is 11. The lowest BCUT2D eigenvalue weighted by Crippen LogP contribution is -2.51. The maximum absolute atomic E-state index is 12.6. The molecule has 4 aliphatic heterocycles. The number of carbonyl (C=O) groups excluding carboxylic acids is 3. The number of benzene rings is 1. The largest absolute Gasteiger partial charge is 0.481 e. The Morgan fingerprint density at radius 2 is 1.38 bits per heavy atom. The zero-order chi connectivity index (χ0) is 43.3. The van der Waals surface area contributed by atoms with E-state index in [-0.39, 0.29) is 65.6 Å². The minimum Gasteiger partial charge on any atom is -0.481 e. The molecule has 10 rings (SSSR count). The van der Waals surface area contributed by atoms with Gasteiger partial charge >= 0.3 is 24.1 Å². The van der Waals surface area contributed by atoms with E-state index in [0.29, 0.717) is 62.2 Å². The third-order valence-electron chi connectivity index (χ3n) is 15.0. The average molecular weight is 856 g/mol. The van der Waals surface area contributed by atoms with Crippen LogP contribution in [0.5, 0.6) is 0 Å². The number of fused-ring (bicyclic) bond motifs is 4. The van der Waals surface area contributed by atoms with Gasteiger partial charge in [-0.15, -0.1) is 0 Å². The second-order valence-corrected chi connectivity index (χ2v) is 18.2. The summed E-state index contributed by atoms with van der Waals surface area (Å²) in [6.45, 7) is 8.24. The number of pyridine rings is 1. The number of alkyl halides is 3. The highest BCUT2D eigenvalue weighted by Crippen LogP contribution is 2.57. The lowest BCUT2D eigenvalue weighted by Gasteiger charge is -2.48. The van der Waals surface area contributed by atoms with Crippen molar-refractivity contribution in [1.29, 1.82) is 0 Å². The molecule has 2 aromatic rings. The van der Waals surface area contributed by atoms with Gasteiger partial charge < -0.3 is 38.3 Å². The van der Waals surface area contributed by atoms with Crippen LogP contribution >= 0.6 is 0 Å². The molecule has 1 N–H and O–H groups in total. The number of aromatic nitrogens is 1. The van der Waals surface area contributed by atoms with Gasteiger partial charge in [-0.25, -0.2) is 0 Å². The number of aldehydes is 1. The Morgan fingerprint density at radius 3 is 1.90 bits per heavy atom. The normalized spacial score (nSPS) is 36.5. The fraction of sp³-hybridized carbons (Fsp3) is 0.674. The predicted molar refractivity (Wildman–Crippen MR) is 210 cm³/mol. The highest BCUT2D eigenvalue weighted by molar-refractivity contribution is 5.79. The molecule has 8 fully saturated rings. The Morgan fingerprint density at radius 1 is 0.820 bits per heavy atom. The second-order valence-electron chi connectivity index (χ2n) is 18.2. The quantitative estimate of drug-likeness (QED) is 0.242. The van der Waals surface area contributed by atoms with Gasteiger partial charge in [-0.2, -0.15) is 13.2 Å². The molecule has 10 unspecified atom stereocenters. The van der Waals surface area contributed by atoms with Crippen molar-refractivity contribution in [3.05, 3.63) is 53.9 Å². The van der Waals surface area contributed by atoms with Crippen molar-refractivity contribution in [2.75, 3.05) is 26.4 Å². The van der Waals surface area contributed by atoms with Crippen LogP contribution in [0.25, 0.3) is 11.1 Å². The Labute approximate surface area is 353 Å². The van der Waals surface area contributed by atoms with Crippen LogP contribution in [-0.4, -0.2) is 84.5 Å². The number of carbonyl (C=O) groups is 4. The number of nitrogens with zero attached hydrogens (tertiary/aromatic N) is 1. The first-order chi connectivity index (χ1) is 29.1. The number of hydrogen-bond donors (Lipinski definition) is 1. The number of aliphatic carboxylic acids is 1. The van der Waals surface area contributed by atoms with Crippen molar-refractivity contribution in [1.82, 2.24) is 4.98 Å². The van der Waals surface area contributed by atoms with E-state index in [1.165, 1.54) is 6.07 Å². The van der Waals surface area contributed by atoms with Crippen LogP contribution in [0.4, 0.5) is 13.2 Å². The van der Waals surface area contributed by atoms with Crippen LogP contribution in [0.15, 0.2) is 42.6 Å². The van der Waals surface area contributed by atoms with E-state index in [9.17, 15) is 37.5 Å². The third-order valence-corrected chi connectivity index (χ3v) is 15.0. The monoisotopic (exact) mass is 855 g/mol. The molecule has 4 saturated carbocycles. The summed E-state index contributed by atoms with van der Waals surface area (Å²) < 4.78 is 71.8. The molecule has 0 bridgehead atoms. The van der Waals surface area contributed by atoms with Crippen molar-refractivity contribution in [3.63, 3.8) is 0 Å². The molecule has 5 heterocycles. The van der Waals surface area contributed by atoms with E-state index in [1.54, 1.807) is 18.3 Å². The first-order valence-corrected chi connectivity index (χ1v) is 21.9. The SMILES string of the molecule is CCc1ccc(-c2cccc(C(F)(F)F)c2)cn1.C[C@H]1OC(=O)C2CC3CC4(CCC3C(C(=O)O)C21)OCCO4.C[C@H]1OC(=O)C2CC3CC4(CCC3C(C=O)C21)OCCO4. The highest BCUT2D eigenvalue weighted by atomic mass is 19.4. The summed E-state index contributed by atoms with van der Waals surface area (Å²) in [5, 5.41) is 9.76. The molecule has 12 nitrogen and oxygen atoms in total. The molecule has 1 aromatic carbocycles. The summed E-state index contributed by atoms with van der Waals surface area (Å²) in [5.74, 6) is -2.28. The van der Waals surface area contributed by atoms with E-state index in [2.05, 4.69) is 4.98 Å². The highest BCUT2D eigenvalue weighted by Gasteiger charge is 2.61. The van der Waals surface area contributed by atoms with E-state index >= 15 is 0 Å². The van der Waals surface area contributed by atoms with Crippen LogP contribution < -0.4 is 0 Å². The van der Waals surface area contributed by atoms with E-state index in [4.69, 9.17) is 28.4 Å². The van der Waals surface area contributed by atoms with Crippen molar-refractivity contribution >= 4 is 24.2 Å². The van der Waals surface area contributed by atoms with Gasteiger partial charge in [0.1, 0.15) is 18.5 Å². The lowest BCUT2D eigenvalue weighted by molar-refractivity contribution is -0.209. The van der Waals surface area contributed by atoms with Gasteiger partial charge in [-0.3, -0.25) is 19.4 Å². The molecular formula is C46H56F3NO11. The fourth-order valence-corrected chi connectivity index (χ4v) is 12.3. The van der Waals surface area contributed by atoms with Gasteiger partial charge in [0.15, 0.2) is 11.6 Å². The predicted octanol–water partition coefficient (Wildman–Crippen LogP) is 7.30. The first kappa shape index (κ1) is 43.7. The standard InChI is InChI=1S/C16H22O6.C16H22O5.C14H12F3N/c1-8-12-11(15(19)22-8)6-9-7-16(20-4-5-21-16)3-2-10(9)13(12)14(17)18;1-9-14-12(15(18)21-9)6-10-7-16(19-4-5-20-16)3-2-11(10)13(14)8-17;1-2-13-7-6-11(9-18-13)10-4-3-5-12(8-10)14(15,16)17/h8-13H,2-7H2,1H3,(H,17,18);8-14H,2-7H2,1H3;3-9H,2H2,1H3/t8-,9?,10?,11?,12?,13?;9-,10?,11?,12?,13?,14?;/m11./s1. The topological polar surface area (TPSA) is 157 Å².